The summed E-state index contributed by atoms with van der Waals surface area (Å²) < 4.78 is 0.931. The minimum absolute atomic E-state index is 0.396. The average molecular weight is 312 g/mol. The second-order valence-corrected chi connectivity index (χ2v) is 5.72. The van der Waals surface area contributed by atoms with Gasteiger partial charge < -0.3 is 10.0 Å². The van der Waals surface area contributed by atoms with Gasteiger partial charge in [-0.05, 0) is 37.0 Å². The molecule has 1 aliphatic heterocycles. The second-order valence-electron chi connectivity index (χ2n) is 4.81. The number of carboxylic acids is 1. The van der Waals surface area contributed by atoms with E-state index in [1.165, 1.54) is 6.42 Å². The Morgan fingerprint density at radius 2 is 2.11 bits per heavy atom. The molecule has 98 valence electrons. The summed E-state index contributed by atoms with van der Waals surface area (Å²) in [6, 6.07) is 5.37. The SMILES string of the molecule is CCC1CCN(c2cc(Br)ccc2C(=O)O)CC1. The summed E-state index contributed by atoms with van der Waals surface area (Å²) in [5.41, 5.74) is 1.24. The van der Waals surface area contributed by atoms with Gasteiger partial charge in [0.05, 0.1) is 11.3 Å². The third-order valence-electron chi connectivity index (χ3n) is 3.72. The molecule has 2 rings (SSSR count). The molecular formula is C14H18BrNO2. The highest BCUT2D eigenvalue weighted by atomic mass is 79.9. The molecule has 1 aromatic carbocycles. The number of hydrogen-bond acceptors (Lipinski definition) is 2. The van der Waals surface area contributed by atoms with Crippen molar-refractivity contribution < 1.29 is 9.90 Å². The Kier molecular flexibility index (Phi) is 4.27. The predicted molar refractivity (Wildman–Crippen MR) is 76.3 cm³/mol. The predicted octanol–water partition coefficient (Wildman–Crippen LogP) is 3.77. The lowest BCUT2D eigenvalue weighted by Crippen LogP contribution is -2.34. The van der Waals surface area contributed by atoms with Gasteiger partial charge in [-0.1, -0.05) is 29.3 Å². The standard InChI is InChI=1S/C14H18BrNO2/c1-2-10-5-7-16(8-6-10)13-9-11(15)3-4-12(13)14(17)18/h3-4,9-10H,2,5-8H2,1H3,(H,17,18). The van der Waals surface area contributed by atoms with E-state index in [0.29, 0.717) is 5.56 Å². The van der Waals surface area contributed by atoms with Crippen molar-refractivity contribution >= 4 is 27.6 Å². The zero-order chi connectivity index (χ0) is 13.1. The molecule has 1 heterocycles. The van der Waals surface area contributed by atoms with Crippen molar-refractivity contribution in [3.63, 3.8) is 0 Å². The van der Waals surface area contributed by atoms with Gasteiger partial charge in [0.15, 0.2) is 0 Å². The highest BCUT2D eigenvalue weighted by Crippen LogP contribution is 2.30. The molecule has 0 spiro atoms. The minimum atomic E-state index is -0.852. The molecule has 4 heteroatoms. The molecule has 1 saturated heterocycles. The highest BCUT2D eigenvalue weighted by molar-refractivity contribution is 9.10. The molecule has 1 aromatic rings. The Hall–Kier alpha value is -1.03. The second kappa shape index (κ2) is 5.74. The normalized spacial score (nSPS) is 16.9. The smallest absolute Gasteiger partial charge is 0.337 e. The first kappa shape index (κ1) is 13.4. The van der Waals surface area contributed by atoms with E-state index in [-0.39, 0.29) is 0 Å². The molecule has 0 aliphatic carbocycles. The summed E-state index contributed by atoms with van der Waals surface area (Å²) in [7, 11) is 0. The van der Waals surface area contributed by atoms with Crippen LogP contribution in [0.1, 0.15) is 36.5 Å². The van der Waals surface area contributed by atoms with E-state index < -0.39 is 5.97 Å². The lowest BCUT2D eigenvalue weighted by Gasteiger charge is -2.34. The maximum Gasteiger partial charge on any atom is 0.337 e. The zero-order valence-electron chi connectivity index (χ0n) is 10.5. The van der Waals surface area contributed by atoms with Crippen LogP contribution < -0.4 is 4.90 Å². The van der Waals surface area contributed by atoms with E-state index in [1.54, 1.807) is 12.1 Å². The lowest BCUT2D eigenvalue weighted by molar-refractivity contribution is 0.0697. The lowest BCUT2D eigenvalue weighted by atomic mass is 9.94. The molecule has 0 unspecified atom stereocenters. The Balaban J connectivity index is 2.22. The topological polar surface area (TPSA) is 40.5 Å². The fraction of sp³-hybridized carbons (Fsp3) is 0.500. The van der Waals surface area contributed by atoms with Crippen LogP contribution in [-0.2, 0) is 0 Å². The van der Waals surface area contributed by atoms with Crippen LogP contribution in [0.15, 0.2) is 22.7 Å². The number of rotatable bonds is 3. The number of anilines is 1. The third kappa shape index (κ3) is 2.86. The Morgan fingerprint density at radius 3 is 2.67 bits per heavy atom. The van der Waals surface area contributed by atoms with Crippen LogP contribution in [0.5, 0.6) is 0 Å². The highest BCUT2D eigenvalue weighted by Gasteiger charge is 2.22. The third-order valence-corrected chi connectivity index (χ3v) is 4.22. The molecule has 0 saturated carbocycles. The van der Waals surface area contributed by atoms with Gasteiger partial charge in [-0.2, -0.15) is 0 Å². The van der Waals surface area contributed by atoms with Crippen LogP contribution in [0.4, 0.5) is 5.69 Å². The summed E-state index contributed by atoms with van der Waals surface area (Å²) >= 11 is 3.42. The van der Waals surface area contributed by atoms with Crippen LogP contribution in [0.3, 0.4) is 0 Å². The van der Waals surface area contributed by atoms with E-state index in [4.69, 9.17) is 0 Å². The summed E-state index contributed by atoms with van der Waals surface area (Å²) in [6.45, 7) is 4.13. The van der Waals surface area contributed by atoms with Crippen molar-refractivity contribution in [3.05, 3.63) is 28.2 Å². The van der Waals surface area contributed by atoms with Crippen LogP contribution in [-0.4, -0.2) is 24.2 Å². The quantitative estimate of drug-likeness (QED) is 0.923. The van der Waals surface area contributed by atoms with Crippen molar-refractivity contribution in [2.24, 2.45) is 5.92 Å². The van der Waals surface area contributed by atoms with E-state index in [9.17, 15) is 9.90 Å². The number of benzene rings is 1. The number of hydrogen-bond donors (Lipinski definition) is 1. The van der Waals surface area contributed by atoms with Crippen molar-refractivity contribution in [1.29, 1.82) is 0 Å². The fourth-order valence-electron chi connectivity index (χ4n) is 2.53. The summed E-state index contributed by atoms with van der Waals surface area (Å²) in [4.78, 5) is 13.4. The van der Waals surface area contributed by atoms with Gasteiger partial charge in [0, 0.05) is 17.6 Å². The molecule has 0 radical (unpaired) electrons. The molecule has 1 N–H and O–H groups in total. The van der Waals surface area contributed by atoms with Crippen molar-refractivity contribution in [2.75, 3.05) is 18.0 Å². The minimum Gasteiger partial charge on any atom is -0.478 e. The van der Waals surface area contributed by atoms with Gasteiger partial charge in [-0.25, -0.2) is 4.79 Å². The summed E-state index contributed by atoms with van der Waals surface area (Å²) in [5, 5.41) is 9.24. The Bertz CT molecular complexity index is 439. The van der Waals surface area contributed by atoms with Gasteiger partial charge >= 0.3 is 5.97 Å². The van der Waals surface area contributed by atoms with E-state index in [2.05, 4.69) is 27.8 Å². The molecular weight excluding hydrogens is 294 g/mol. The average Bonchev–Trinajstić information content (AvgIpc) is 2.38. The summed E-state index contributed by atoms with van der Waals surface area (Å²) in [6.07, 6.45) is 3.53. The van der Waals surface area contributed by atoms with Gasteiger partial charge in [-0.15, -0.1) is 0 Å². The molecule has 0 amide bonds. The molecule has 1 fully saturated rings. The van der Waals surface area contributed by atoms with Gasteiger partial charge in [0.25, 0.3) is 0 Å². The Morgan fingerprint density at radius 1 is 1.44 bits per heavy atom. The first-order valence-corrected chi connectivity index (χ1v) is 7.19. The van der Waals surface area contributed by atoms with Crippen molar-refractivity contribution in [1.82, 2.24) is 0 Å². The van der Waals surface area contributed by atoms with Crippen LogP contribution in [0.25, 0.3) is 0 Å². The summed E-state index contributed by atoms with van der Waals surface area (Å²) in [5.74, 6) is -0.0585. The van der Waals surface area contributed by atoms with Crippen LogP contribution >= 0.6 is 15.9 Å². The fourth-order valence-corrected chi connectivity index (χ4v) is 2.88. The molecule has 0 aromatic heterocycles. The van der Waals surface area contributed by atoms with E-state index >= 15 is 0 Å². The van der Waals surface area contributed by atoms with Gasteiger partial charge in [-0.3, -0.25) is 0 Å². The van der Waals surface area contributed by atoms with E-state index in [1.807, 2.05) is 6.07 Å². The number of halogens is 1. The van der Waals surface area contributed by atoms with Crippen molar-refractivity contribution in [2.45, 2.75) is 26.2 Å². The number of carboxylic acid groups (broad SMARTS) is 1. The van der Waals surface area contributed by atoms with Crippen LogP contribution in [0.2, 0.25) is 0 Å². The number of aromatic carboxylic acids is 1. The number of carbonyl (C=O) groups is 1. The molecule has 1 aliphatic rings. The first-order chi connectivity index (χ1) is 8.61. The van der Waals surface area contributed by atoms with Crippen molar-refractivity contribution in [3.8, 4) is 0 Å². The molecule has 0 atom stereocenters. The van der Waals surface area contributed by atoms with Gasteiger partial charge in [0.2, 0.25) is 0 Å². The molecule has 18 heavy (non-hydrogen) atoms. The van der Waals surface area contributed by atoms with E-state index in [0.717, 1.165) is 42.0 Å². The van der Waals surface area contributed by atoms with Gasteiger partial charge in [0.1, 0.15) is 0 Å². The zero-order valence-corrected chi connectivity index (χ0v) is 12.1. The number of piperidine rings is 1. The monoisotopic (exact) mass is 311 g/mol. The largest absolute Gasteiger partial charge is 0.478 e. The maximum atomic E-state index is 11.3. The first-order valence-electron chi connectivity index (χ1n) is 6.39. The van der Waals surface area contributed by atoms with Crippen LogP contribution in [0, 0.1) is 5.92 Å². The molecule has 0 bridgehead atoms. The Labute approximate surface area is 116 Å². The molecule has 3 nitrogen and oxygen atoms in total. The number of nitrogens with zero attached hydrogens (tertiary/aromatic N) is 1. The maximum absolute atomic E-state index is 11.3.